The van der Waals surface area contributed by atoms with Crippen molar-refractivity contribution >= 4 is 17.2 Å². The van der Waals surface area contributed by atoms with Crippen molar-refractivity contribution in [2.24, 2.45) is 13.0 Å². The van der Waals surface area contributed by atoms with Gasteiger partial charge in [-0.1, -0.05) is 0 Å². The van der Waals surface area contributed by atoms with E-state index in [-0.39, 0.29) is 24.0 Å². The summed E-state index contributed by atoms with van der Waals surface area (Å²) in [7, 11) is 1.85. The van der Waals surface area contributed by atoms with E-state index in [9.17, 15) is 9.90 Å². The Balaban J connectivity index is 1.79. The third-order valence-corrected chi connectivity index (χ3v) is 4.87. The molecule has 1 fully saturated rings. The van der Waals surface area contributed by atoms with Crippen LogP contribution in [0.5, 0.6) is 0 Å². The standard InChI is InChI=1S/C14H18N4O2S/c1-8-13(21-7-15-8)14(20)17-12(9-3-11(19)4-9)10-5-16-18(2)6-10/h5-7,9,11-12,19H,3-4H2,1-2H3,(H,17,20). The number of carbonyl (C=O) groups excluding carboxylic acids is 1. The zero-order valence-corrected chi connectivity index (χ0v) is 12.8. The molecule has 1 amide bonds. The first kappa shape index (κ1) is 14.2. The smallest absolute Gasteiger partial charge is 0.263 e. The van der Waals surface area contributed by atoms with Gasteiger partial charge in [0.1, 0.15) is 4.88 Å². The fourth-order valence-corrected chi connectivity index (χ4v) is 3.41. The molecule has 0 saturated heterocycles. The molecule has 2 heterocycles. The molecule has 2 aromatic heterocycles. The molecule has 0 radical (unpaired) electrons. The molecule has 1 aliphatic rings. The van der Waals surface area contributed by atoms with E-state index >= 15 is 0 Å². The van der Waals surface area contributed by atoms with Crippen LogP contribution in [0.2, 0.25) is 0 Å². The maximum absolute atomic E-state index is 12.4. The lowest BCUT2D eigenvalue weighted by Crippen LogP contribution is -2.41. The number of aliphatic hydroxyl groups excluding tert-OH is 1. The van der Waals surface area contributed by atoms with Gasteiger partial charge in [0.25, 0.3) is 5.91 Å². The summed E-state index contributed by atoms with van der Waals surface area (Å²) in [5.74, 6) is 0.145. The third-order valence-electron chi connectivity index (χ3n) is 3.94. The Morgan fingerprint density at radius 1 is 1.57 bits per heavy atom. The first-order chi connectivity index (χ1) is 10.0. The van der Waals surface area contributed by atoms with Crippen LogP contribution in [0.25, 0.3) is 0 Å². The van der Waals surface area contributed by atoms with Crippen LogP contribution in [-0.2, 0) is 7.05 Å². The van der Waals surface area contributed by atoms with Crippen molar-refractivity contribution in [3.63, 3.8) is 0 Å². The highest BCUT2D eigenvalue weighted by Crippen LogP contribution is 2.38. The summed E-state index contributed by atoms with van der Waals surface area (Å²) < 4.78 is 1.72. The van der Waals surface area contributed by atoms with Crippen molar-refractivity contribution in [1.29, 1.82) is 0 Å². The van der Waals surface area contributed by atoms with Gasteiger partial charge in [-0.3, -0.25) is 9.48 Å². The third kappa shape index (κ3) is 2.84. The van der Waals surface area contributed by atoms with E-state index in [0.29, 0.717) is 17.7 Å². The van der Waals surface area contributed by atoms with E-state index in [2.05, 4.69) is 15.4 Å². The van der Waals surface area contributed by atoms with Crippen LogP contribution in [0.3, 0.4) is 0 Å². The molecule has 0 bridgehead atoms. The number of aryl methyl sites for hydroxylation is 2. The summed E-state index contributed by atoms with van der Waals surface area (Å²) in [5, 5.41) is 16.8. The van der Waals surface area contributed by atoms with Crippen molar-refractivity contribution in [1.82, 2.24) is 20.1 Å². The minimum atomic E-state index is -0.254. The van der Waals surface area contributed by atoms with Crippen molar-refractivity contribution in [2.45, 2.75) is 31.9 Å². The maximum Gasteiger partial charge on any atom is 0.263 e. The highest BCUT2D eigenvalue weighted by atomic mass is 32.1. The molecule has 3 rings (SSSR count). The number of hydrogen-bond donors (Lipinski definition) is 2. The summed E-state index contributed by atoms with van der Waals surface area (Å²) in [5.41, 5.74) is 3.40. The maximum atomic E-state index is 12.4. The van der Waals surface area contributed by atoms with Gasteiger partial charge in [0.2, 0.25) is 0 Å². The number of amides is 1. The molecule has 2 aromatic rings. The van der Waals surface area contributed by atoms with E-state index in [1.807, 2.05) is 20.2 Å². The van der Waals surface area contributed by atoms with E-state index < -0.39 is 0 Å². The first-order valence-electron chi connectivity index (χ1n) is 6.92. The molecule has 1 unspecified atom stereocenters. The van der Waals surface area contributed by atoms with Gasteiger partial charge in [-0.05, 0) is 25.7 Å². The van der Waals surface area contributed by atoms with Crippen LogP contribution >= 0.6 is 11.3 Å². The monoisotopic (exact) mass is 306 g/mol. The second-order valence-corrected chi connectivity index (χ2v) is 6.41. The van der Waals surface area contributed by atoms with Crippen molar-refractivity contribution in [3.8, 4) is 0 Å². The molecule has 1 saturated carbocycles. The summed E-state index contributed by atoms with van der Waals surface area (Å²) in [6.07, 6.45) is 4.85. The summed E-state index contributed by atoms with van der Waals surface area (Å²) >= 11 is 1.34. The van der Waals surface area contributed by atoms with Crippen LogP contribution in [0, 0.1) is 12.8 Å². The van der Waals surface area contributed by atoms with Gasteiger partial charge in [-0.15, -0.1) is 11.3 Å². The Labute approximate surface area is 126 Å². The number of aromatic nitrogens is 3. The van der Waals surface area contributed by atoms with Gasteiger partial charge in [-0.2, -0.15) is 5.10 Å². The lowest BCUT2D eigenvalue weighted by atomic mass is 9.75. The van der Waals surface area contributed by atoms with Gasteiger partial charge in [0.15, 0.2) is 0 Å². The predicted octanol–water partition coefficient (Wildman–Crippen LogP) is 1.43. The van der Waals surface area contributed by atoms with Gasteiger partial charge < -0.3 is 10.4 Å². The molecule has 21 heavy (non-hydrogen) atoms. The zero-order valence-electron chi connectivity index (χ0n) is 12.0. The van der Waals surface area contributed by atoms with Gasteiger partial charge >= 0.3 is 0 Å². The molecule has 0 aromatic carbocycles. The van der Waals surface area contributed by atoms with Crippen LogP contribution in [0.1, 0.15) is 39.8 Å². The topological polar surface area (TPSA) is 80.0 Å². The number of nitrogens with one attached hydrogen (secondary N) is 1. The Bertz CT molecular complexity index is 645. The van der Waals surface area contributed by atoms with Crippen LogP contribution in [0.15, 0.2) is 17.9 Å². The molecule has 0 spiro atoms. The molecule has 6 nitrogen and oxygen atoms in total. The second-order valence-electron chi connectivity index (χ2n) is 5.55. The van der Waals surface area contributed by atoms with E-state index in [4.69, 9.17) is 0 Å². The minimum absolute atomic E-state index is 0.106. The Hall–Kier alpha value is -1.73. The number of hydrogen-bond acceptors (Lipinski definition) is 5. The quantitative estimate of drug-likeness (QED) is 0.895. The number of aliphatic hydroxyl groups is 1. The number of rotatable bonds is 4. The zero-order chi connectivity index (χ0) is 15.0. The van der Waals surface area contributed by atoms with Crippen molar-refractivity contribution in [2.75, 3.05) is 0 Å². The predicted molar refractivity (Wildman–Crippen MR) is 79.0 cm³/mol. The first-order valence-corrected chi connectivity index (χ1v) is 7.80. The summed E-state index contributed by atoms with van der Waals surface area (Å²) in [6, 6.07) is -0.115. The van der Waals surface area contributed by atoms with Crippen LogP contribution in [-0.4, -0.2) is 31.9 Å². The fraction of sp³-hybridized carbons (Fsp3) is 0.500. The summed E-state index contributed by atoms with van der Waals surface area (Å²) in [6.45, 7) is 1.83. The highest BCUT2D eigenvalue weighted by Gasteiger charge is 2.36. The Kier molecular flexibility index (Phi) is 3.77. The number of nitrogens with zero attached hydrogens (tertiary/aromatic N) is 3. The Morgan fingerprint density at radius 2 is 2.33 bits per heavy atom. The van der Waals surface area contributed by atoms with Crippen LogP contribution in [0.4, 0.5) is 0 Å². The van der Waals surface area contributed by atoms with E-state index in [0.717, 1.165) is 11.3 Å². The largest absolute Gasteiger partial charge is 0.393 e. The van der Waals surface area contributed by atoms with Gasteiger partial charge in [-0.25, -0.2) is 4.98 Å². The van der Waals surface area contributed by atoms with Crippen molar-refractivity contribution in [3.05, 3.63) is 34.0 Å². The molecule has 7 heteroatoms. The van der Waals surface area contributed by atoms with Crippen molar-refractivity contribution < 1.29 is 9.90 Å². The molecular weight excluding hydrogens is 288 g/mol. The molecular formula is C14H18N4O2S. The highest BCUT2D eigenvalue weighted by molar-refractivity contribution is 7.11. The number of thiazole rings is 1. The molecule has 1 aliphatic carbocycles. The lowest BCUT2D eigenvalue weighted by Gasteiger charge is -2.37. The number of carbonyl (C=O) groups is 1. The van der Waals surface area contributed by atoms with Crippen LogP contribution < -0.4 is 5.32 Å². The Morgan fingerprint density at radius 3 is 2.86 bits per heavy atom. The molecule has 1 atom stereocenters. The normalized spacial score (nSPS) is 22.6. The molecule has 112 valence electrons. The van der Waals surface area contributed by atoms with Gasteiger partial charge in [0.05, 0.1) is 29.5 Å². The lowest BCUT2D eigenvalue weighted by molar-refractivity contribution is 0.0235. The van der Waals surface area contributed by atoms with Gasteiger partial charge in [0, 0.05) is 18.8 Å². The fourth-order valence-electron chi connectivity index (χ4n) is 2.70. The van der Waals surface area contributed by atoms with E-state index in [1.54, 1.807) is 16.4 Å². The minimum Gasteiger partial charge on any atom is -0.393 e. The average Bonchev–Trinajstić information content (AvgIpc) is 3.01. The van der Waals surface area contributed by atoms with E-state index in [1.165, 1.54) is 11.3 Å². The molecule has 2 N–H and O–H groups in total. The second kappa shape index (κ2) is 5.57. The summed E-state index contributed by atoms with van der Waals surface area (Å²) in [4.78, 5) is 17.2. The average molecular weight is 306 g/mol. The SMILES string of the molecule is Cc1ncsc1C(=O)NC(c1cnn(C)c1)C1CC(O)C1. The molecule has 0 aliphatic heterocycles.